The quantitative estimate of drug-likeness (QED) is 0.733. The van der Waals surface area contributed by atoms with Crippen LogP contribution in [0, 0.1) is 11.7 Å². The fourth-order valence-electron chi connectivity index (χ4n) is 5.58. The van der Waals surface area contributed by atoms with Gasteiger partial charge in [-0.15, -0.1) is 0 Å². The number of nitrogens with one attached hydrogen (secondary N) is 1. The van der Waals surface area contributed by atoms with Crippen LogP contribution in [-0.2, 0) is 15.1 Å². The number of pyridine rings is 1. The van der Waals surface area contributed by atoms with E-state index in [0.29, 0.717) is 37.3 Å². The third-order valence-corrected chi connectivity index (χ3v) is 7.34. The summed E-state index contributed by atoms with van der Waals surface area (Å²) in [6.45, 7) is 0. The molecule has 1 N–H and O–H groups in total. The summed E-state index contributed by atoms with van der Waals surface area (Å²) in [4.78, 5) is 29.3. The van der Waals surface area contributed by atoms with Crippen LogP contribution in [0.4, 0.5) is 4.39 Å². The van der Waals surface area contributed by atoms with Crippen molar-refractivity contribution in [3.05, 3.63) is 65.2 Å². The SMILES string of the molecule is O=C1O[C@]2(CC[C@H](C(=O)N[C@H]3CC[C@H](c4cccc(F)c4)CC3)CC2)c2cccnc21. The Hall–Kier alpha value is -2.76. The maximum Gasteiger partial charge on any atom is 0.358 e. The van der Waals surface area contributed by atoms with Crippen molar-refractivity contribution in [3.8, 4) is 0 Å². The number of fused-ring (bicyclic) bond motifs is 2. The molecular formula is C25H27FN2O3. The van der Waals surface area contributed by atoms with Crippen LogP contribution in [0.5, 0.6) is 0 Å². The summed E-state index contributed by atoms with van der Waals surface area (Å²) in [6, 6.07) is 10.8. The number of amides is 1. The molecule has 2 aliphatic carbocycles. The summed E-state index contributed by atoms with van der Waals surface area (Å²) in [5, 5.41) is 3.25. The molecule has 1 aliphatic heterocycles. The zero-order valence-corrected chi connectivity index (χ0v) is 17.5. The molecule has 3 aliphatic rings. The second-order valence-electron chi connectivity index (χ2n) is 9.17. The molecule has 0 unspecified atom stereocenters. The van der Waals surface area contributed by atoms with Gasteiger partial charge in [0, 0.05) is 23.7 Å². The number of carbonyl (C=O) groups is 2. The van der Waals surface area contributed by atoms with Gasteiger partial charge < -0.3 is 10.1 Å². The Labute approximate surface area is 181 Å². The van der Waals surface area contributed by atoms with Crippen molar-refractivity contribution >= 4 is 11.9 Å². The summed E-state index contributed by atoms with van der Waals surface area (Å²) in [7, 11) is 0. The van der Waals surface area contributed by atoms with E-state index >= 15 is 0 Å². The molecule has 31 heavy (non-hydrogen) atoms. The number of esters is 1. The molecule has 0 radical (unpaired) electrons. The van der Waals surface area contributed by atoms with Crippen molar-refractivity contribution in [3.63, 3.8) is 0 Å². The molecule has 0 atom stereocenters. The maximum atomic E-state index is 13.5. The van der Waals surface area contributed by atoms with Crippen LogP contribution in [-0.4, -0.2) is 22.9 Å². The molecule has 5 nitrogen and oxygen atoms in total. The van der Waals surface area contributed by atoms with Gasteiger partial charge in [-0.2, -0.15) is 0 Å². The van der Waals surface area contributed by atoms with Crippen LogP contribution in [0.15, 0.2) is 42.6 Å². The third kappa shape index (κ3) is 3.84. The van der Waals surface area contributed by atoms with Gasteiger partial charge in [-0.05, 0) is 81.0 Å². The lowest BCUT2D eigenvalue weighted by atomic mass is 9.75. The highest BCUT2D eigenvalue weighted by atomic mass is 19.1. The molecule has 1 amide bonds. The molecule has 1 aromatic carbocycles. The van der Waals surface area contributed by atoms with E-state index in [2.05, 4.69) is 10.3 Å². The van der Waals surface area contributed by atoms with Gasteiger partial charge in [0.2, 0.25) is 5.91 Å². The van der Waals surface area contributed by atoms with Crippen molar-refractivity contribution in [2.24, 2.45) is 5.92 Å². The summed E-state index contributed by atoms with van der Waals surface area (Å²) in [5.41, 5.74) is 1.73. The first kappa shape index (κ1) is 20.2. The number of hydrogen-bond donors (Lipinski definition) is 1. The minimum Gasteiger partial charge on any atom is -0.449 e. The molecule has 5 rings (SSSR count). The molecule has 0 bridgehead atoms. The Balaban J connectivity index is 1.14. The highest BCUT2D eigenvalue weighted by Crippen LogP contribution is 2.47. The van der Waals surface area contributed by atoms with Gasteiger partial charge in [-0.1, -0.05) is 18.2 Å². The molecular weight excluding hydrogens is 395 g/mol. The largest absolute Gasteiger partial charge is 0.449 e. The van der Waals surface area contributed by atoms with Crippen molar-refractivity contribution in [1.82, 2.24) is 10.3 Å². The lowest BCUT2D eigenvalue weighted by molar-refractivity contribution is -0.129. The topological polar surface area (TPSA) is 68.3 Å². The summed E-state index contributed by atoms with van der Waals surface area (Å²) >= 11 is 0. The Kier molecular flexibility index (Phi) is 5.24. The number of hydrogen-bond acceptors (Lipinski definition) is 4. The van der Waals surface area contributed by atoms with Crippen LogP contribution in [0.2, 0.25) is 0 Å². The minimum atomic E-state index is -0.611. The molecule has 1 aromatic heterocycles. The third-order valence-electron chi connectivity index (χ3n) is 7.34. The lowest BCUT2D eigenvalue weighted by Crippen LogP contribution is -2.43. The summed E-state index contributed by atoms with van der Waals surface area (Å²) < 4.78 is 19.2. The van der Waals surface area contributed by atoms with Crippen LogP contribution in [0.1, 0.15) is 78.9 Å². The van der Waals surface area contributed by atoms with Gasteiger partial charge in [0.05, 0.1) is 0 Å². The van der Waals surface area contributed by atoms with E-state index < -0.39 is 5.60 Å². The second kappa shape index (κ2) is 8.06. The minimum absolute atomic E-state index is 0.0500. The van der Waals surface area contributed by atoms with Gasteiger partial charge in [0.1, 0.15) is 11.4 Å². The Bertz CT molecular complexity index is 992. The first-order valence-corrected chi connectivity index (χ1v) is 11.3. The summed E-state index contributed by atoms with van der Waals surface area (Å²) in [5.74, 6) is -0.113. The smallest absolute Gasteiger partial charge is 0.358 e. The van der Waals surface area contributed by atoms with E-state index in [-0.39, 0.29) is 29.7 Å². The van der Waals surface area contributed by atoms with Gasteiger partial charge in [-0.3, -0.25) is 4.79 Å². The summed E-state index contributed by atoms with van der Waals surface area (Å²) in [6.07, 6.45) is 8.08. The average molecular weight is 423 g/mol. The number of ether oxygens (including phenoxy) is 1. The number of benzene rings is 1. The van der Waals surface area contributed by atoms with Crippen LogP contribution in [0.3, 0.4) is 0 Å². The first-order chi connectivity index (χ1) is 15.0. The first-order valence-electron chi connectivity index (χ1n) is 11.3. The van der Waals surface area contributed by atoms with E-state index in [9.17, 15) is 14.0 Å². The molecule has 2 heterocycles. The van der Waals surface area contributed by atoms with E-state index in [1.54, 1.807) is 18.3 Å². The predicted molar refractivity (Wildman–Crippen MR) is 113 cm³/mol. The van der Waals surface area contributed by atoms with Crippen molar-refractivity contribution in [2.75, 3.05) is 0 Å². The van der Waals surface area contributed by atoms with Gasteiger partial charge in [0.25, 0.3) is 0 Å². The van der Waals surface area contributed by atoms with E-state index in [1.807, 2.05) is 18.2 Å². The van der Waals surface area contributed by atoms with Crippen LogP contribution < -0.4 is 5.32 Å². The Morgan fingerprint density at radius 2 is 1.84 bits per heavy atom. The molecule has 1 spiro atoms. The van der Waals surface area contributed by atoms with Crippen molar-refractivity contribution in [2.45, 2.75) is 68.9 Å². The van der Waals surface area contributed by atoms with Crippen molar-refractivity contribution in [1.29, 1.82) is 0 Å². The number of carbonyl (C=O) groups excluding carboxylic acids is 2. The Morgan fingerprint density at radius 1 is 1.06 bits per heavy atom. The van der Waals surface area contributed by atoms with Crippen LogP contribution in [0.25, 0.3) is 0 Å². The maximum absolute atomic E-state index is 13.5. The number of rotatable bonds is 3. The normalized spacial score (nSPS) is 30.0. The fourth-order valence-corrected chi connectivity index (χ4v) is 5.58. The number of nitrogens with zero attached hydrogens (tertiary/aromatic N) is 1. The molecule has 2 aromatic rings. The molecule has 2 fully saturated rings. The zero-order valence-electron chi connectivity index (χ0n) is 17.5. The zero-order chi connectivity index (χ0) is 21.4. The predicted octanol–water partition coefficient (Wildman–Crippen LogP) is 4.62. The molecule has 6 heteroatoms. The monoisotopic (exact) mass is 422 g/mol. The van der Waals surface area contributed by atoms with Crippen LogP contribution >= 0.6 is 0 Å². The molecule has 162 valence electrons. The number of halogens is 1. The van der Waals surface area contributed by atoms with Gasteiger partial charge in [0.15, 0.2) is 5.69 Å². The van der Waals surface area contributed by atoms with E-state index in [4.69, 9.17) is 4.74 Å². The highest BCUT2D eigenvalue weighted by molar-refractivity contribution is 5.92. The van der Waals surface area contributed by atoms with Gasteiger partial charge in [-0.25, -0.2) is 14.2 Å². The van der Waals surface area contributed by atoms with Gasteiger partial charge >= 0.3 is 5.97 Å². The highest BCUT2D eigenvalue weighted by Gasteiger charge is 2.49. The Morgan fingerprint density at radius 3 is 2.58 bits per heavy atom. The van der Waals surface area contributed by atoms with Crippen molar-refractivity contribution < 1.29 is 18.7 Å². The standard InChI is InChI=1S/C25H27FN2O3/c26-19-4-1-3-18(15-19)16-6-8-20(9-7-16)28-23(29)17-10-12-25(13-11-17)21-5-2-14-27-22(21)24(30)31-25/h1-5,14-17,20H,6-13H2,(H,28,29)/t16-,17-,20-,25-. The molecule has 0 saturated heterocycles. The van der Waals surface area contributed by atoms with E-state index in [1.165, 1.54) is 6.07 Å². The molecule has 2 saturated carbocycles. The number of aromatic nitrogens is 1. The fraction of sp³-hybridized carbons (Fsp3) is 0.480. The lowest BCUT2D eigenvalue weighted by Gasteiger charge is -2.36. The second-order valence-corrected chi connectivity index (χ2v) is 9.17. The average Bonchev–Trinajstić information content (AvgIpc) is 3.06. The van der Waals surface area contributed by atoms with E-state index in [0.717, 1.165) is 36.8 Å².